The van der Waals surface area contributed by atoms with Crippen molar-refractivity contribution >= 4 is 34.4 Å². The monoisotopic (exact) mass is 371 g/mol. The van der Waals surface area contributed by atoms with Crippen LogP contribution in [-0.2, 0) is 0 Å². The van der Waals surface area contributed by atoms with Gasteiger partial charge < -0.3 is 9.40 Å². The molecular weight excluding hydrogens is 357 g/mol. The smallest absolute Gasteiger partial charge is 0.276 e. The largest absolute Gasteiger partial charge is 0.411 e. The number of aromatic nitrogens is 3. The number of aromatic amines is 1. The molecule has 0 fully saturated rings. The second kappa shape index (κ2) is 7.33. The third-order valence-electron chi connectivity index (χ3n) is 3.62. The van der Waals surface area contributed by atoms with Crippen LogP contribution in [0.2, 0.25) is 0 Å². The van der Waals surface area contributed by atoms with Crippen LogP contribution in [0.15, 0.2) is 69.3 Å². The van der Waals surface area contributed by atoms with Gasteiger partial charge in [-0.15, -0.1) is 22.0 Å². The second-order valence-electron chi connectivity index (χ2n) is 5.27. The Morgan fingerprint density at radius 1 is 0.960 bits per heavy atom. The number of benzene rings is 2. The van der Waals surface area contributed by atoms with Crippen LogP contribution in [0.25, 0.3) is 22.4 Å². The van der Waals surface area contributed by atoms with Crippen LogP contribution in [0, 0.1) is 5.82 Å². The van der Waals surface area contributed by atoms with Crippen LogP contribution in [0.4, 0.5) is 4.39 Å². The van der Waals surface area contributed by atoms with Gasteiger partial charge in [0.25, 0.3) is 11.1 Å². The molecular formula is C18H14FN3OS2. The van der Waals surface area contributed by atoms with E-state index in [0.29, 0.717) is 11.1 Å². The molecule has 1 N–H and O–H groups in total. The van der Waals surface area contributed by atoms with Gasteiger partial charge >= 0.3 is 0 Å². The molecule has 126 valence electrons. The number of fused-ring (bicyclic) bond motifs is 1. The zero-order valence-corrected chi connectivity index (χ0v) is 14.7. The summed E-state index contributed by atoms with van der Waals surface area (Å²) in [5.41, 5.74) is 1.95. The first-order valence-electron chi connectivity index (χ1n) is 7.71. The number of nitrogens with zero attached hydrogens (tertiary/aromatic N) is 2. The molecule has 0 spiro atoms. The molecule has 0 amide bonds. The molecule has 0 bridgehead atoms. The SMILES string of the molecule is Fc1ccc(SCCSc2nnc(-c3c[nH]c4ccccc34)o2)cc1. The molecule has 0 aliphatic carbocycles. The van der Waals surface area contributed by atoms with Gasteiger partial charge in [0.05, 0.1) is 5.56 Å². The molecule has 0 aliphatic rings. The maximum atomic E-state index is 12.9. The Morgan fingerprint density at radius 3 is 2.64 bits per heavy atom. The first kappa shape index (κ1) is 16.2. The molecule has 0 saturated heterocycles. The number of thioether (sulfide) groups is 2. The van der Waals surface area contributed by atoms with Crippen LogP contribution >= 0.6 is 23.5 Å². The summed E-state index contributed by atoms with van der Waals surface area (Å²) < 4.78 is 18.6. The fraction of sp³-hybridized carbons (Fsp3) is 0.111. The first-order chi connectivity index (χ1) is 12.3. The van der Waals surface area contributed by atoms with Crippen molar-refractivity contribution in [2.24, 2.45) is 0 Å². The number of H-pyrrole nitrogens is 1. The third kappa shape index (κ3) is 3.72. The molecule has 4 aromatic rings. The number of hydrogen-bond acceptors (Lipinski definition) is 5. The molecule has 2 aromatic heterocycles. The second-order valence-corrected chi connectivity index (χ2v) is 7.49. The summed E-state index contributed by atoms with van der Waals surface area (Å²) in [5.74, 6) is 2.01. The van der Waals surface area contributed by atoms with Crippen molar-refractivity contribution in [3.05, 3.63) is 60.5 Å². The van der Waals surface area contributed by atoms with Gasteiger partial charge in [-0.2, -0.15) is 0 Å². The van der Waals surface area contributed by atoms with Gasteiger partial charge in [0.1, 0.15) is 5.82 Å². The van der Waals surface area contributed by atoms with Crippen molar-refractivity contribution in [1.82, 2.24) is 15.2 Å². The Labute approximate surface area is 152 Å². The lowest BCUT2D eigenvalue weighted by atomic mass is 10.2. The highest BCUT2D eigenvalue weighted by Gasteiger charge is 2.13. The fourth-order valence-electron chi connectivity index (χ4n) is 2.44. The summed E-state index contributed by atoms with van der Waals surface area (Å²) in [7, 11) is 0. The lowest BCUT2D eigenvalue weighted by Gasteiger charge is -1.99. The van der Waals surface area contributed by atoms with Gasteiger partial charge in [-0.3, -0.25) is 0 Å². The number of rotatable bonds is 6. The molecule has 4 nitrogen and oxygen atoms in total. The fourth-order valence-corrected chi connectivity index (χ4v) is 4.09. The van der Waals surface area contributed by atoms with E-state index >= 15 is 0 Å². The van der Waals surface area contributed by atoms with Crippen LogP contribution < -0.4 is 0 Å². The molecule has 0 aliphatic heterocycles. The van der Waals surface area contributed by atoms with Crippen LogP contribution in [0.1, 0.15) is 0 Å². The van der Waals surface area contributed by atoms with Crippen LogP contribution in [-0.4, -0.2) is 26.7 Å². The third-order valence-corrected chi connectivity index (χ3v) is 5.71. The van der Waals surface area contributed by atoms with Gasteiger partial charge in [-0.1, -0.05) is 30.0 Å². The van der Waals surface area contributed by atoms with Gasteiger partial charge in [0.2, 0.25) is 0 Å². The summed E-state index contributed by atoms with van der Waals surface area (Å²) in [4.78, 5) is 4.25. The highest BCUT2D eigenvalue weighted by molar-refractivity contribution is 8.02. The molecule has 2 aromatic carbocycles. The predicted molar refractivity (Wildman–Crippen MR) is 99.4 cm³/mol. The van der Waals surface area contributed by atoms with Gasteiger partial charge in [0, 0.05) is 33.5 Å². The Hall–Kier alpha value is -2.25. The quantitative estimate of drug-likeness (QED) is 0.371. The van der Waals surface area contributed by atoms with Crippen LogP contribution in [0.5, 0.6) is 0 Å². The summed E-state index contributed by atoms with van der Waals surface area (Å²) in [6.45, 7) is 0. The average Bonchev–Trinajstić information content (AvgIpc) is 3.27. The normalized spacial score (nSPS) is 11.2. The zero-order chi connectivity index (χ0) is 17.1. The van der Waals surface area contributed by atoms with E-state index in [0.717, 1.165) is 32.9 Å². The molecule has 0 atom stereocenters. The summed E-state index contributed by atoms with van der Waals surface area (Å²) in [5, 5.41) is 9.88. The van der Waals surface area contributed by atoms with E-state index < -0.39 is 0 Å². The molecule has 4 rings (SSSR count). The first-order valence-corrected chi connectivity index (χ1v) is 9.68. The van der Waals surface area contributed by atoms with Gasteiger partial charge in [-0.05, 0) is 30.3 Å². The number of halogens is 1. The maximum absolute atomic E-state index is 12.9. The average molecular weight is 371 g/mol. The lowest BCUT2D eigenvalue weighted by Crippen LogP contribution is -1.84. The molecule has 0 unspecified atom stereocenters. The van der Waals surface area contributed by atoms with Crippen molar-refractivity contribution < 1.29 is 8.81 Å². The molecule has 7 heteroatoms. The van der Waals surface area contributed by atoms with E-state index in [2.05, 4.69) is 15.2 Å². The zero-order valence-electron chi connectivity index (χ0n) is 13.1. The summed E-state index contributed by atoms with van der Waals surface area (Å²) >= 11 is 3.19. The van der Waals surface area contributed by atoms with E-state index in [4.69, 9.17) is 4.42 Å². The van der Waals surface area contributed by atoms with Crippen molar-refractivity contribution in [2.45, 2.75) is 10.1 Å². The minimum Gasteiger partial charge on any atom is -0.411 e. The molecule has 25 heavy (non-hydrogen) atoms. The summed E-state index contributed by atoms with van der Waals surface area (Å²) in [6, 6.07) is 14.5. The van der Waals surface area contributed by atoms with Crippen molar-refractivity contribution in [2.75, 3.05) is 11.5 Å². The number of nitrogens with one attached hydrogen (secondary N) is 1. The minimum atomic E-state index is -0.214. The van der Waals surface area contributed by atoms with E-state index in [-0.39, 0.29) is 5.82 Å². The summed E-state index contributed by atoms with van der Waals surface area (Å²) in [6.07, 6.45) is 1.89. The Balaban J connectivity index is 1.36. The predicted octanol–water partition coefficient (Wildman–Crippen LogP) is 5.24. The van der Waals surface area contributed by atoms with Crippen molar-refractivity contribution in [3.63, 3.8) is 0 Å². The van der Waals surface area contributed by atoms with Crippen molar-refractivity contribution in [1.29, 1.82) is 0 Å². The van der Waals surface area contributed by atoms with Crippen molar-refractivity contribution in [3.8, 4) is 11.5 Å². The van der Waals surface area contributed by atoms with Gasteiger partial charge in [0.15, 0.2) is 0 Å². The highest BCUT2D eigenvalue weighted by Crippen LogP contribution is 2.30. The van der Waals surface area contributed by atoms with E-state index in [1.165, 1.54) is 23.9 Å². The molecule has 0 radical (unpaired) electrons. The molecule has 0 saturated carbocycles. The maximum Gasteiger partial charge on any atom is 0.276 e. The minimum absolute atomic E-state index is 0.214. The van der Waals surface area contributed by atoms with Crippen LogP contribution in [0.3, 0.4) is 0 Å². The Bertz CT molecular complexity index is 981. The Morgan fingerprint density at radius 2 is 1.76 bits per heavy atom. The molecule has 2 heterocycles. The van der Waals surface area contributed by atoms with E-state index in [1.807, 2.05) is 30.5 Å². The number of hydrogen-bond donors (Lipinski definition) is 1. The lowest BCUT2D eigenvalue weighted by molar-refractivity contribution is 0.466. The van der Waals surface area contributed by atoms with E-state index in [9.17, 15) is 4.39 Å². The van der Waals surface area contributed by atoms with E-state index in [1.54, 1.807) is 23.9 Å². The Kier molecular flexibility index (Phi) is 4.76. The topological polar surface area (TPSA) is 54.7 Å². The highest BCUT2D eigenvalue weighted by atomic mass is 32.2. The number of para-hydroxylation sites is 1. The van der Waals surface area contributed by atoms with Gasteiger partial charge in [-0.25, -0.2) is 4.39 Å². The standard InChI is InChI=1S/C18H14FN3OS2/c19-12-5-7-13(8-6-12)24-9-10-25-18-22-21-17(23-18)15-11-20-16-4-2-1-3-14(15)16/h1-8,11,20H,9-10H2.